The van der Waals surface area contributed by atoms with Crippen molar-refractivity contribution < 1.29 is 9.53 Å². The molecule has 0 aliphatic heterocycles. The zero-order valence-electron chi connectivity index (χ0n) is 11.6. The molecule has 5 heteroatoms. The molecule has 0 bridgehead atoms. The summed E-state index contributed by atoms with van der Waals surface area (Å²) in [4.78, 5) is 12.1. The van der Waals surface area contributed by atoms with Gasteiger partial charge in [0, 0.05) is 23.9 Å². The van der Waals surface area contributed by atoms with E-state index < -0.39 is 0 Å². The Labute approximate surface area is 123 Å². The van der Waals surface area contributed by atoms with E-state index in [0.29, 0.717) is 29.1 Å². The molecule has 1 amide bonds. The minimum Gasteiger partial charge on any atom is -0.497 e. The fraction of sp³-hybridized carbons (Fsp3) is 0.125. The molecule has 2 aromatic rings. The lowest BCUT2D eigenvalue weighted by Crippen LogP contribution is -2.23. The van der Waals surface area contributed by atoms with Crippen molar-refractivity contribution in [2.24, 2.45) is 0 Å². The second kappa shape index (κ2) is 6.44. The Bertz CT molecular complexity index is 705. The van der Waals surface area contributed by atoms with E-state index in [1.54, 1.807) is 36.4 Å². The Hall–Kier alpha value is -3.00. The highest BCUT2D eigenvalue weighted by Gasteiger charge is 2.08. The molecule has 0 unspecified atom stereocenters. The van der Waals surface area contributed by atoms with Crippen molar-refractivity contribution in [2.45, 2.75) is 6.54 Å². The zero-order valence-corrected chi connectivity index (χ0v) is 11.6. The molecule has 5 nitrogen and oxygen atoms in total. The van der Waals surface area contributed by atoms with Gasteiger partial charge in [0.2, 0.25) is 0 Å². The Morgan fingerprint density at radius 1 is 1.33 bits per heavy atom. The molecule has 0 heterocycles. The predicted octanol–water partition coefficient (Wildman–Crippen LogP) is 2.08. The van der Waals surface area contributed by atoms with E-state index >= 15 is 0 Å². The van der Waals surface area contributed by atoms with Crippen LogP contribution in [-0.2, 0) is 6.54 Å². The van der Waals surface area contributed by atoms with Crippen molar-refractivity contribution in [1.82, 2.24) is 5.32 Å². The summed E-state index contributed by atoms with van der Waals surface area (Å²) in [5, 5.41) is 11.6. The van der Waals surface area contributed by atoms with Crippen LogP contribution in [0.2, 0.25) is 0 Å². The summed E-state index contributed by atoms with van der Waals surface area (Å²) in [7, 11) is 1.52. The molecule has 106 valence electrons. The van der Waals surface area contributed by atoms with Gasteiger partial charge in [0.25, 0.3) is 5.91 Å². The molecule has 2 rings (SSSR count). The quantitative estimate of drug-likeness (QED) is 0.840. The number of carbonyl (C=O) groups is 1. The highest BCUT2D eigenvalue weighted by molar-refractivity contribution is 5.95. The predicted molar refractivity (Wildman–Crippen MR) is 79.7 cm³/mol. The van der Waals surface area contributed by atoms with Crippen LogP contribution in [0.1, 0.15) is 21.5 Å². The Kier molecular flexibility index (Phi) is 4.42. The standard InChI is InChI=1S/C16H15N3O2/c1-21-15-7-13(6-14(18)8-15)16(20)19-10-12-4-2-3-11(5-12)9-17/h2-8H,10,18H2,1H3,(H,19,20). The van der Waals surface area contributed by atoms with Crippen molar-refractivity contribution in [3.8, 4) is 11.8 Å². The van der Waals surface area contributed by atoms with Crippen molar-refractivity contribution in [3.05, 3.63) is 59.2 Å². The van der Waals surface area contributed by atoms with Gasteiger partial charge in [0.1, 0.15) is 5.75 Å². The van der Waals surface area contributed by atoms with Gasteiger partial charge in [-0.05, 0) is 29.8 Å². The number of ether oxygens (including phenoxy) is 1. The van der Waals surface area contributed by atoms with Crippen LogP contribution >= 0.6 is 0 Å². The Balaban J connectivity index is 2.08. The van der Waals surface area contributed by atoms with Crippen LogP contribution in [0.3, 0.4) is 0 Å². The number of rotatable bonds is 4. The van der Waals surface area contributed by atoms with Gasteiger partial charge in [-0.1, -0.05) is 12.1 Å². The van der Waals surface area contributed by atoms with E-state index in [1.807, 2.05) is 6.07 Å². The van der Waals surface area contributed by atoms with E-state index in [4.69, 9.17) is 15.7 Å². The molecule has 3 N–H and O–H groups in total. The van der Waals surface area contributed by atoms with Gasteiger partial charge in [-0.2, -0.15) is 5.26 Å². The van der Waals surface area contributed by atoms with E-state index in [-0.39, 0.29) is 5.91 Å². The molecule has 0 aliphatic carbocycles. The number of carbonyl (C=O) groups excluding carboxylic acids is 1. The molecule has 21 heavy (non-hydrogen) atoms. The maximum absolute atomic E-state index is 12.1. The van der Waals surface area contributed by atoms with Crippen LogP contribution in [0.5, 0.6) is 5.75 Å². The first kappa shape index (κ1) is 14.4. The van der Waals surface area contributed by atoms with Crippen molar-refractivity contribution in [1.29, 1.82) is 5.26 Å². The van der Waals surface area contributed by atoms with Gasteiger partial charge in [-0.25, -0.2) is 0 Å². The third-order valence-electron chi connectivity index (χ3n) is 2.94. The lowest BCUT2D eigenvalue weighted by Gasteiger charge is -2.08. The van der Waals surface area contributed by atoms with E-state index in [0.717, 1.165) is 5.56 Å². The van der Waals surface area contributed by atoms with Gasteiger partial charge in [-0.3, -0.25) is 4.79 Å². The third kappa shape index (κ3) is 3.74. The van der Waals surface area contributed by atoms with Crippen molar-refractivity contribution >= 4 is 11.6 Å². The van der Waals surface area contributed by atoms with Crippen LogP contribution in [0, 0.1) is 11.3 Å². The van der Waals surface area contributed by atoms with Crippen molar-refractivity contribution in [2.75, 3.05) is 12.8 Å². The summed E-state index contributed by atoms with van der Waals surface area (Å²) in [6.07, 6.45) is 0. The number of benzene rings is 2. The lowest BCUT2D eigenvalue weighted by atomic mass is 10.1. The molecule has 2 aromatic carbocycles. The van der Waals surface area contributed by atoms with Gasteiger partial charge in [0.05, 0.1) is 18.7 Å². The highest BCUT2D eigenvalue weighted by Crippen LogP contribution is 2.18. The number of amides is 1. The van der Waals surface area contributed by atoms with Crippen LogP contribution < -0.4 is 15.8 Å². The third-order valence-corrected chi connectivity index (χ3v) is 2.94. The van der Waals surface area contributed by atoms with E-state index in [1.165, 1.54) is 7.11 Å². The monoisotopic (exact) mass is 281 g/mol. The fourth-order valence-electron chi connectivity index (χ4n) is 1.91. The Morgan fingerprint density at radius 2 is 2.14 bits per heavy atom. The van der Waals surface area contributed by atoms with Crippen molar-refractivity contribution in [3.63, 3.8) is 0 Å². The smallest absolute Gasteiger partial charge is 0.251 e. The number of anilines is 1. The van der Waals surface area contributed by atoms with E-state index in [2.05, 4.69) is 11.4 Å². The first-order chi connectivity index (χ1) is 10.1. The summed E-state index contributed by atoms with van der Waals surface area (Å²) < 4.78 is 5.08. The normalized spacial score (nSPS) is 9.71. The second-order valence-electron chi connectivity index (χ2n) is 4.49. The molecule has 0 radical (unpaired) electrons. The molecule has 0 saturated carbocycles. The zero-order chi connectivity index (χ0) is 15.2. The molecular formula is C16H15N3O2. The molecule has 0 saturated heterocycles. The highest BCUT2D eigenvalue weighted by atomic mass is 16.5. The van der Waals surface area contributed by atoms with Crippen LogP contribution in [0.4, 0.5) is 5.69 Å². The number of nitriles is 1. The van der Waals surface area contributed by atoms with Gasteiger partial charge >= 0.3 is 0 Å². The number of nitrogen functional groups attached to an aromatic ring is 1. The summed E-state index contributed by atoms with van der Waals surface area (Å²) in [6.45, 7) is 0.339. The second-order valence-corrected chi connectivity index (χ2v) is 4.49. The van der Waals surface area contributed by atoms with Crippen LogP contribution in [0.15, 0.2) is 42.5 Å². The van der Waals surface area contributed by atoms with Crippen LogP contribution in [0.25, 0.3) is 0 Å². The summed E-state index contributed by atoms with van der Waals surface area (Å²) in [5.41, 5.74) is 8.04. The minimum absolute atomic E-state index is 0.247. The van der Waals surface area contributed by atoms with Gasteiger partial charge in [0.15, 0.2) is 0 Å². The largest absolute Gasteiger partial charge is 0.497 e. The number of hydrogen-bond donors (Lipinski definition) is 2. The molecule has 0 aromatic heterocycles. The lowest BCUT2D eigenvalue weighted by molar-refractivity contribution is 0.0950. The maximum Gasteiger partial charge on any atom is 0.251 e. The molecule has 0 spiro atoms. The topological polar surface area (TPSA) is 88.1 Å². The minimum atomic E-state index is -0.247. The average molecular weight is 281 g/mol. The molecular weight excluding hydrogens is 266 g/mol. The average Bonchev–Trinajstić information content (AvgIpc) is 2.52. The summed E-state index contributed by atoms with van der Waals surface area (Å²) >= 11 is 0. The SMILES string of the molecule is COc1cc(N)cc(C(=O)NCc2cccc(C#N)c2)c1. The number of methoxy groups -OCH3 is 1. The molecule has 0 fully saturated rings. The van der Waals surface area contributed by atoms with E-state index in [9.17, 15) is 4.79 Å². The number of hydrogen-bond acceptors (Lipinski definition) is 4. The molecule has 0 aliphatic rings. The summed E-state index contributed by atoms with van der Waals surface area (Å²) in [5.74, 6) is 0.287. The van der Waals surface area contributed by atoms with Gasteiger partial charge in [-0.15, -0.1) is 0 Å². The number of nitrogens with two attached hydrogens (primary N) is 1. The number of nitrogens with one attached hydrogen (secondary N) is 1. The number of nitrogens with zero attached hydrogens (tertiary/aromatic N) is 1. The molecule has 0 atom stereocenters. The van der Waals surface area contributed by atoms with Crippen LogP contribution in [-0.4, -0.2) is 13.0 Å². The fourth-order valence-corrected chi connectivity index (χ4v) is 1.91. The maximum atomic E-state index is 12.1. The summed E-state index contributed by atoms with van der Waals surface area (Å²) in [6, 6.07) is 14.0. The van der Waals surface area contributed by atoms with Gasteiger partial charge < -0.3 is 15.8 Å². The Morgan fingerprint density at radius 3 is 2.86 bits per heavy atom. The first-order valence-corrected chi connectivity index (χ1v) is 6.34. The first-order valence-electron chi connectivity index (χ1n) is 6.34.